The summed E-state index contributed by atoms with van der Waals surface area (Å²) in [4.78, 5) is 12.5. The molecular weight excluding hydrogens is 248 g/mol. The van der Waals surface area contributed by atoms with Crippen molar-refractivity contribution in [1.82, 2.24) is 10.2 Å². The van der Waals surface area contributed by atoms with Gasteiger partial charge in [-0.05, 0) is 5.56 Å². The normalized spacial score (nSPS) is 12.3. The van der Waals surface area contributed by atoms with Crippen molar-refractivity contribution in [1.29, 1.82) is 0 Å². The zero-order valence-electron chi connectivity index (χ0n) is 10.8. The highest BCUT2D eigenvalue weighted by Crippen LogP contribution is 2.36. The number of hydrogen-bond acceptors (Lipinski definition) is 2. The van der Waals surface area contributed by atoms with Crippen molar-refractivity contribution in [2.75, 3.05) is 0 Å². The molecule has 3 nitrogen and oxygen atoms in total. The van der Waals surface area contributed by atoms with Gasteiger partial charge in [-0.2, -0.15) is 5.10 Å². The van der Waals surface area contributed by atoms with Gasteiger partial charge in [-0.25, -0.2) is 0 Å². The number of H-pyrrole nitrogens is 1. The summed E-state index contributed by atoms with van der Waals surface area (Å²) in [7, 11) is 0. The maximum atomic E-state index is 12.5. The molecule has 1 heterocycles. The van der Waals surface area contributed by atoms with Crippen LogP contribution in [0.1, 0.15) is 27.2 Å². The lowest BCUT2D eigenvalue weighted by molar-refractivity contribution is 0.104. The molecular formula is C17H12N2O. The van der Waals surface area contributed by atoms with E-state index < -0.39 is 0 Å². The van der Waals surface area contributed by atoms with Crippen LogP contribution < -0.4 is 0 Å². The summed E-state index contributed by atoms with van der Waals surface area (Å²) in [6, 6.07) is 17.8. The van der Waals surface area contributed by atoms with Gasteiger partial charge in [0.2, 0.25) is 0 Å². The van der Waals surface area contributed by atoms with Gasteiger partial charge in [0.1, 0.15) is 5.69 Å². The Hall–Kier alpha value is -2.68. The molecule has 20 heavy (non-hydrogen) atoms. The number of aromatic amines is 1. The number of aromatic nitrogens is 2. The lowest BCUT2D eigenvalue weighted by Crippen LogP contribution is -2.00. The highest BCUT2D eigenvalue weighted by molar-refractivity contribution is 6.21. The molecule has 1 aromatic heterocycles. The third kappa shape index (κ3) is 1.53. The molecule has 1 N–H and O–H groups in total. The molecule has 0 spiro atoms. The SMILES string of the molecule is O=C1c2ccccc2-c2n[nH]c(Cc3ccccc3)c21. The minimum atomic E-state index is 0.0790. The van der Waals surface area contributed by atoms with Crippen LogP contribution >= 0.6 is 0 Å². The number of carbonyl (C=O) groups is 1. The van der Waals surface area contributed by atoms with E-state index in [9.17, 15) is 4.79 Å². The van der Waals surface area contributed by atoms with Crippen LogP contribution in [0.5, 0.6) is 0 Å². The van der Waals surface area contributed by atoms with Crippen LogP contribution in [0.25, 0.3) is 11.3 Å². The van der Waals surface area contributed by atoms with Crippen LogP contribution in [0, 0.1) is 0 Å². The number of nitrogens with one attached hydrogen (secondary N) is 1. The molecule has 3 aromatic rings. The maximum Gasteiger partial charge on any atom is 0.197 e. The van der Waals surface area contributed by atoms with Crippen molar-refractivity contribution in [3.63, 3.8) is 0 Å². The van der Waals surface area contributed by atoms with Crippen molar-refractivity contribution in [2.45, 2.75) is 6.42 Å². The van der Waals surface area contributed by atoms with Gasteiger partial charge in [0.05, 0.1) is 11.3 Å². The molecule has 0 saturated carbocycles. The molecule has 4 rings (SSSR count). The molecule has 0 radical (unpaired) electrons. The number of nitrogens with zero attached hydrogens (tertiary/aromatic N) is 1. The van der Waals surface area contributed by atoms with E-state index in [1.165, 1.54) is 5.56 Å². The standard InChI is InChI=1S/C17H12N2O/c20-17-13-9-5-4-8-12(13)16-15(17)14(18-19-16)10-11-6-2-1-3-7-11/h1-9H,10H2,(H,18,19). The highest BCUT2D eigenvalue weighted by atomic mass is 16.1. The van der Waals surface area contributed by atoms with Crippen LogP contribution in [-0.2, 0) is 6.42 Å². The molecule has 0 amide bonds. The Labute approximate surface area is 116 Å². The number of rotatable bonds is 2. The quantitative estimate of drug-likeness (QED) is 0.601. The van der Waals surface area contributed by atoms with Gasteiger partial charge in [0.25, 0.3) is 0 Å². The molecule has 0 unspecified atom stereocenters. The van der Waals surface area contributed by atoms with Crippen molar-refractivity contribution in [3.8, 4) is 11.3 Å². The van der Waals surface area contributed by atoms with Crippen LogP contribution in [0.15, 0.2) is 54.6 Å². The van der Waals surface area contributed by atoms with Gasteiger partial charge in [-0.15, -0.1) is 0 Å². The minimum absolute atomic E-state index is 0.0790. The summed E-state index contributed by atoms with van der Waals surface area (Å²) in [5.41, 5.74) is 5.28. The van der Waals surface area contributed by atoms with Crippen molar-refractivity contribution >= 4 is 5.78 Å². The first-order valence-electron chi connectivity index (χ1n) is 6.60. The first kappa shape index (κ1) is 11.2. The average molecular weight is 260 g/mol. The third-order valence-corrected chi connectivity index (χ3v) is 3.72. The first-order valence-corrected chi connectivity index (χ1v) is 6.60. The molecule has 1 aliphatic carbocycles. The van der Waals surface area contributed by atoms with Gasteiger partial charge in [0, 0.05) is 17.5 Å². The van der Waals surface area contributed by atoms with E-state index in [0.29, 0.717) is 6.42 Å². The molecule has 0 fully saturated rings. The van der Waals surface area contributed by atoms with Crippen LogP contribution in [-0.4, -0.2) is 16.0 Å². The molecule has 96 valence electrons. The monoisotopic (exact) mass is 260 g/mol. The van der Waals surface area contributed by atoms with E-state index in [1.807, 2.05) is 42.5 Å². The van der Waals surface area contributed by atoms with Gasteiger partial charge >= 0.3 is 0 Å². The van der Waals surface area contributed by atoms with Crippen LogP contribution in [0.4, 0.5) is 0 Å². The van der Waals surface area contributed by atoms with Crippen molar-refractivity contribution in [3.05, 3.63) is 77.0 Å². The van der Waals surface area contributed by atoms with Crippen molar-refractivity contribution < 1.29 is 4.79 Å². The summed E-state index contributed by atoms with van der Waals surface area (Å²) in [6.07, 6.45) is 0.697. The van der Waals surface area contributed by atoms with E-state index in [2.05, 4.69) is 22.3 Å². The molecule has 2 aromatic carbocycles. The summed E-state index contributed by atoms with van der Waals surface area (Å²) in [5.74, 6) is 0.0790. The predicted octanol–water partition coefficient (Wildman–Crippen LogP) is 3.21. The second kappa shape index (κ2) is 4.17. The first-order chi connectivity index (χ1) is 9.84. The highest BCUT2D eigenvalue weighted by Gasteiger charge is 2.31. The van der Waals surface area contributed by atoms with E-state index in [-0.39, 0.29) is 5.78 Å². The summed E-state index contributed by atoms with van der Waals surface area (Å²) in [5, 5.41) is 7.36. The van der Waals surface area contributed by atoms with Crippen LogP contribution in [0.2, 0.25) is 0 Å². The van der Waals surface area contributed by atoms with Gasteiger partial charge < -0.3 is 0 Å². The largest absolute Gasteiger partial charge is 0.288 e. The Bertz CT molecular complexity index is 803. The van der Waals surface area contributed by atoms with E-state index in [4.69, 9.17) is 0 Å². The van der Waals surface area contributed by atoms with Crippen LogP contribution in [0.3, 0.4) is 0 Å². The molecule has 0 saturated heterocycles. The second-order valence-corrected chi connectivity index (χ2v) is 4.96. The number of hydrogen-bond donors (Lipinski definition) is 1. The fraction of sp³-hybridized carbons (Fsp3) is 0.0588. The second-order valence-electron chi connectivity index (χ2n) is 4.96. The van der Waals surface area contributed by atoms with E-state index in [0.717, 1.165) is 28.1 Å². The van der Waals surface area contributed by atoms with Gasteiger partial charge in [-0.1, -0.05) is 54.6 Å². The van der Waals surface area contributed by atoms with Crippen molar-refractivity contribution in [2.24, 2.45) is 0 Å². The zero-order chi connectivity index (χ0) is 13.5. The van der Waals surface area contributed by atoms with Gasteiger partial charge in [0.15, 0.2) is 5.78 Å². The molecule has 1 aliphatic rings. The lowest BCUT2D eigenvalue weighted by Gasteiger charge is -2.00. The van der Waals surface area contributed by atoms with Gasteiger partial charge in [-0.3, -0.25) is 9.89 Å². The molecule has 3 heteroatoms. The molecule has 0 bridgehead atoms. The summed E-state index contributed by atoms with van der Waals surface area (Å²) < 4.78 is 0. The maximum absolute atomic E-state index is 12.5. The minimum Gasteiger partial charge on any atom is -0.288 e. The summed E-state index contributed by atoms with van der Waals surface area (Å²) >= 11 is 0. The Kier molecular flexibility index (Phi) is 2.33. The fourth-order valence-corrected chi connectivity index (χ4v) is 2.77. The fourth-order valence-electron chi connectivity index (χ4n) is 2.77. The Balaban J connectivity index is 1.80. The third-order valence-electron chi connectivity index (χ3n) is 3.72. The topological polar surface area (TPSA) is 45.8 Å². The zero-order valence-corrected chi connectivity index (χ0v) is 10.8. The average Bonchev–Trinajstić information content (AvgIpc) is 3.02. The summed E-state index contributed by atoms with van der Waals surface area (Å²) in [6.45, 7) is 0. The number of carbonyl (C=O) groups excluding carboxylic acids is 1. The number of fused-ring (bicyclic) bond motifs is 3. The molecule has 0 aliphatic heterocycles. The Morgan fingerprint density at radius 2 is 1.60 bits per heavy atom. The predicted molar refractivity (Wildman–Crippen MR) is 76.7 cm³/mol. The number of benzene rings is 2. The molecule has 0 atom stereocenters. The Morgan fingerprint density at radius 1 is 0.900 bits per heavy atom. The smallest absolute Gasteiger partial charge is 0.197 e. The number of ketones is 1. The van der Waals surface area contributed by atoms with E-state index in [1.54, 1.807) is 0 Å². The lowest BCUT2D eigenvalue weighted by atomic mass is 10.0. The van der Waals surface area contributed by atoms with E-state index >= 15 is 0 Å². The Morgan fingerprint density at radius 3 is 2.40 bits per heavy atom.